The number of nitrogens with one attached hydrogen (secondary N) is 2. The van der Waals surface area contributed by atoms with Gasteiger partial charge in [-0.1, -0.05) is 0 Å². The first-order valence-electron chi connectivity index (χ1n) is 4.36. The van der Waals surface area contributed by atoms with Crippen molar-refractivity contribution >= 4 is 28.7 Å². The highest BCUT2D eigenvalue weighted by molar-refractivity contribution is 6.34. The Kier molecular flexibility index (Phi) is 2.46. The lowest BCUT2D eigenvalue weighted by atomic mass is 10.4. The largest absolute Gasteiger partial charge is 0.477 e. The fourth-order valence-corrected chi connectivity index (χ4v) is 1.03. The standard InChI is InChI=1S/C8H8N6O2/c1-4(8(15)16)13-14-7-5-6(10-2-9-5)11-3-12-7/h2-3H,1H3,(H,15,16)(H2,9,10,11,12,14)/b13-4+. The van der Waals surface area contributed by atoms with Crippen molar-refractivity contribution in [1.29, 1.82) is 0 Å². The first kappa shape index (κ1) is 10.0. The summed E-state index contributed by atoms with van der Waals surface area (Å²) in [5, 5.41) is 12.3. The number of carbonyl (C=O) groups is 1. The van der Waals surface area contributed by atoms with Crippen molar-refractivity contribution < 1.29 is 9.90 Å². The van der Waals surface area contributed by atoms with E-state index in [1.54, 1.807) is 0 Å². The SMILES string of the molecule is C/C(=N\Nc1ncnc2nc[nH]c12)C(=O)O. The normalized spacial score (nSPS) is 11.7. The number of imidazole rings is 1. The van der Waals surface area contributed by atoms with Crippen LogP contribution in [0.5, 0.6) is 0 Å². The van der Waals surface area contributed by atoms with Crippen LogP contribution >= 0.6 is 0 Å². The number of hydrogen-bond donors (Lipinski definition) is 3. The van der Waals surface area contributed by atoms with Gasteiger partial charge in [0, 0.05) is 0 Å². The summed E-state index contributed by atoms with van der Waals surface area (Å²) in [6.07, 6.45) is 2.79. The van der Waals surface area contributed by atoms with Gasteiger partial charge in [-0.05, 0) is 6.92 Å². The molecule has 8 nitrogen and oxygen atoms in total. The van der Waals surface area contributed by atoms with Crippen molar-refractivity contribution in [2.45, 2.75) is 6.92 Å². The number of carboxylic acid groups (broad SMARTS) is 1. The van der Waals surface area contributed by atoms with Crippen molar-refractivity contribution in [1.82, 2.24) is 19.9 Å². The summed E-state index contributed by atoms with van der Waals surface area (Å²) >= 11 is 0. The molecule has 2 rings (SSSR count). The molecule has 16 heavy (non-hydrogen) atoms. The lowest BCUT2D eigenvalue weighted by molar-refractivity contribution is -0.129. The highest BCUT2D eigenvalue weighted by Gasteiger charge is 2.06. The Morgan fingerprint density at radius 3 is 3.06 bits per heavy atom. The number of aromatic nitrogens is 4. The van der Waals surface area contributed by atoms with Crippen molar-refractivity contribution in [3.63, 3.8) is 0 Å². The summed E-state index contributed by atoms with van der Waals surface area (Å²) < 4.78 is 0. The number of hydrogen-bond acceptors (Lipinski definition) is 6. The summed E-state index contributed by atoms with van der Waals surface area (Å²) in [7, 11) is 0. The van der Waals surface area contributed by atoms with E-state index in [2.05, 4.69) is 30.5 Å². The molecule has 2 aromatic heterocycles. The molecule has 0 saturated carbocycles. The maximum Gasteiger partial charge on any atom is 0.351 e. The van der Waals surface area contributed by atoms with E-state index in [4.69, 9.17) is 5.11 Å². The van der Waals surface area contributed by atoms with Crippen LogP contribution in [-0.2, 0) is 4.79 Å². The zero-order valence-electron chi connectivity index (χ0n) is 8.30. The number of aromatic amines is 1. The number of fused-ring (bicyclic) bond motifs is 1. The maximum atomic E-state index is 10.5. The minimum Gasteiger partial charge on any atom is -0.477 e. The molecule has 0 bridgehead atoms. The van der Waals surface area contributed by atoms with E-state index in [-0.39, 0.29) is 5.71 Å². The zero-order chi connectivity index (χ0) is 11.5. The number of nitrogens with zero attached hydrogens (tertiary/aromatic N) is 4. The molecule has 0 atom stereocenters. The molecule has 0 unspecified atom stereocenters. The van der Waals surface area contributed by atoms with Gasteiger partial charge in [0.2, 0.25) is 0 Å². The van der Waals surface area contributed by atoms with Crippen molar-refractivity contribution in [2.75, 3.05) is 5.43 Å². The van der Waals surface area contributed by atoms with E-state index in [0.717, 1.165) is 0 Å². The van der Waals surface area contributed by atoms with Crippen LogP contribution in [0.4, 0.5) is 5.82 Å². The van der Waals surface area contributed by atoms with Gasteiger partial charge in [0.15, 0.2) is 11.5 Å². The first-order chi connectivity index (χ1) is 7.68. The Morgan fingerprint density at radius 1 is 1.50 bits per heavy atom. The molecule has 2 aromatic rings. The fraction of sp³-hybridized carbons (Fsp3) is 0.125. The molecule has 82 valence electrons. The number of aliphatic carboxylic acids is 1. The highest BCUT2D eigenvalue weighted by atomic mass is 16.4. The van der Waals surface area contributed by atoms with Crippen LogP contribution in [0.25, 0.3) is 11.2 Å². The van der Waals surface area contributed by atoms with Gasteiger partial charge in [0.05, 0.1) is 6.33 Å². The molecule has 0 aliphatic heterocycles. The number of carboxylic acids is 1. The van der Waals surface area contributed by atoms with Crippen LogP contribution in [0, 0.1) is 0 Å². The van der Waals surface area contributed by atoms with Crippen molar-refractivity contribution in [2.24, 2.45) is 5.10 Å². The van der Waals surface area contributed by atoms with E-state index >= 15 is 0 Å². The number of hydrazone groups is 1. The van der Waals surface area contributed by atoms with Crippen LogP contribution < -0.4 is 5.43 Å². The first-order valence-corrected chi connectivity index (χ1v) is 4.36. The number of H-pyrrole nitrogens is 1. The van der Waals surface area contributed by atoms with Gasteiger partial charge >= 0.3 is 5.97 Å². The Hall–Kier alpha value is -2.51. The molecular formula is C8H8N6O2. The molecule has 0 fully saturated rings. The summed E-state index contributed by atoms with van der Waals surface area (Å²) in [6.45, 7) is 1.38. The van der Waals surface area contributed by atoms with Gasteiger partial charge in [0.1, 0.15) is 17.6 Å². The predicted molar refractivity (Wildman–Crippen MR) is 56.1 cm³/mol. The van der Waals surface area contributed by atoms with Gasteiger partial charge < -0.3 is 10.1 Å². The van der Waals surface area contributed by atoms with Crippen LogP contribution in [0.1, 0.15) is 6.92 Å². The number of anilines is 1. The van der Waals surface area contributed by atoms with Crippen LogP contribution in [0.3, 0.4) is 0 Å². The van der Waals surface area contributed by atoms with Gasteiger partial charge in [-0.2, -0.15) is 5.10 Å². The van der Waals surface area contributed by atoms with Crippen LogP contribution in [0.2, 0.25) is 0 Å². The average Bonchev–Trinajstić information content (AvgIpc) is 2.73. The van der Waals surface area contributed by atoms with Crippen LogP contribution in [0.15, 0.2) is 17.8 Å². The predicted octanol–water partition coefficient (Wildman–Crippen LogP) is 0.225. The van der Waals surface area contributed by atoms with Gasteiger partial charge in [-0.15, -0.1) is 0 Å². The van der Waals surface area contributed by atoms with Gasteiger partial charge in [-0.3, -0.25) is 5.43 Å². The minimum atomic E-state index is -1.09. The zero-order valence-corrected chi connectivity index (χ0v) is 8.30. The molecule has 0 aliphatic carbocycles. The third kappa shape index (κ3) is 1.80. The van der Waals surface area contributed by atoms with Crippen LogP contribution in [-0.4, -0.2) is 36.7 Å². The molecule has 0 aliphatic rings. The minimum absolute atomic E-state index is 0.0636. The maximum absolute atomic E-state index is 10.5. The highest BCUT2D eigenvalue weighted by Crippen LogP contribution is 2.13. The van der Waals surface area contributed by atoms with E-state index in [0.29, 0.717) is 17.0 Å². The second-order valence-electron chi connectivity index (χ2n) is 2.94. The third-order valence-corrected chi connectivity index (χ3v) is 1.86. The monoisotopic (exact) mass is 220 g/mol. The topological polar surface area (TPSA) is 116 Å². The van der Waals surface area contributed by atoms with Gasteiger partial charge in [-0.25, -0.2) is 19.7 Å². The molecule has 0 saturated heterocycles. The molecular weight excluding hydrogens is 212 g/mol. The van der Waals surface area contributed by atoms with Crippen molar-refractivity contribution in [3.05, 3.63) is 12.7 Å². The molecule has 3 N–H and O–H groups in total. The second kappa shape index (κ2) is 3.93. The van der Waals surface area contributed by atoms with E-state index < -0.39 is 5.97 Å². The van der Waals surface area contributed by atoms with E-state index in [1.807, 2.05) is 0 Å². The number of rotatable bonds is 3. The summed E-state index contributed by atoms with van der Waals surface area (Å²) in [4.78, 5) is 25.1. The third-order valence-electron chi connectivity index (χ3n) is 1.86. The van der Waals surface area contributed by atoms with E-state index in [9.17, 15) is 4.79 Å². The lowest BCUT2D eigenvalue weighted by Crippen LogP contribution is -2.10. The smallest absolute Gasteiger partial charge is 0.351 e. The Balaban J connectivity index is 2.31. The fourth-order valence-electron chi connectivity index (χ4n) is 1.03. The summed E-state index contributed by atoms with van der Waals surface area (Å²) in [5.74, 6) is -0.717. The molecule has 0 radical (unpaired) electrons. The Morgan fingerprint density at radius 2 is 2.31 bits per heavy atom. The Bertz CT molecular complexity index is 560. The summed E-state index contributed by atoms with van der Waals surface area (Å²) in [5.41, 5.74) is 3.54. The lowest BCUT2D eigenvalue weighted by Gasteiger charge is -1.99. The molecule has 0 spiro atoms. The quantitative estimate of drug-likeness (QED) is 0.503. The van der Waals surface area contributed by atoms with Gasteiger partial charge in [0.25, 0.3) is 0 Å². The summed E-state index contributed by atoms with van der Waals surface area (Å²) in [6, 6.07) is 0. The molecule has 0 amide bonds. The van der Waals surface area contributed by atoms with E-state index in [1.165, 1.54) is 19.6 Å². The molecule has 0 aromatic carbocycles. The molecule has 8 heteroatoms. The second-order valence-corrected chi connectivity index (χ2v) is 2.94. The Labute approximate surface area is 89.4 Å². The average molecular weight is 220 g/mol. The molecule has 2 heterocycles. The van der Waals surface area contributed by atoms with Crippen molar-refractivity contribution in [3.8, 4) is 0 Å².